The number of benzene rings is 2. The Morgan fingerprint density at radius 3 is 2.48 bits per heavy atom. The third-order valence-electron chi connectivity index (χ3n) is 5.16. The standard InChI is InChI=1S/C23H25F3N4O/c1-16-21(15-22(31)27-12-13-29(3)19-9-5-4-6-10-19)17(2)30(28-16)20-11-7-8-18(14-20)23(24,25)26/h4-11,14H,12-13,15H2,1-3H3,(H,27,31). The van der Waals surface area contributed by atoms with Gasteiger partial charge in [-0.15, -0.1) is 0 Å². The summed E-state index contributed by atoms with van der Waals surface area (Å²) in [6, 6.07) is 14.9. The number of carbonyl (C=O) groups excluding carboxylic acids is 1. The van der Waals surface area contributed by atoms with Crippen LogP contribution in [0.2, 0.25) is 0 Å². The van der Waals surface area contributed by atoms with Gasteiger partial charge in [-0.1, -0.05) is 24.3 Å². The lowest BCUT2D eigenvalue weighted by atomic mass is 10.1. The van der Waals surface area contributed by atoms with Crippen LogP contribution in [0.15, 0.2) is 54.6 Å². The Bertz CT molecular complexity index is 1040. The molecular weight excluding hydrogens is 405 g/mol. The van der Waals surface area contributed by atoms with Gasteiger partial charge in [0.05, 0.1) is 23.4 Å². The van der Waals surface area contributed by atoms with Gasteiger partial charge < -0.3 is 10.2 Å². The highest BCUT2D eigenvalue weighted by molar-refractivity contribution is 5.79. The number of hydrogen-bond acceptors (Lipinski definition) is 3. The van der Waals surface area contributed by atoms with Gasteiger partial charge in [0.15, 0.2) is 0 Å². The topological polar surface area (TPSA) is 50.2 Å². The monoisotopic (exact) mass is 430 g/mol. The second kappa shape index (κ2) is 9.24. The molecule has 0 unspecified atom stereocenters. The summed E-state index contributed by atoms with van der Waals surface area (Å²) in [5, 5.41) is 7.26. The van der Waals surface area contributed by atoms with E-state index in [1.165, 1.54) is 10.7 Å². The predicted molar refractivity (Wildman–Crippen MR) is 114 cm³/mol. The molecule has 5 nitrogen and oxygen atoms in total. The van der Waals surface area contributed by atoms with Crippen molar-refractivity contribution in [2.75, 3.05) is 25.0 Å². The summed E-state index contributed by atoms with van der Waals surface area (Å²) in [6.45, 7) is 4.64. The smallest absolute Gasteiger partial charge is 0.373 e. The Kier molecular flexibility index (Phi) is 6.68. The lowest BCUT2D eigenvalue weighted by molar-refractivity contribution is -0.137. The van der Waals surface area contributed by atoms with Gasteiger partial charge in [-0.3, -0.25) is 4.79 Å². The van der Waals surface area contributed by atoms with E-state index in [1.807, 2.05) is 42.3 Å². The zero-order chi connectivity index (χ0) is 22.6. The number of nitrogens with one attached hydrogen (secondary N) is 1. The normalized spacial score (nSPS) is 11.4. The van der Waals surface area contributed by atoms with Crippen LogP contribution in [0.3, 0.4) is 0 Å². The summed E-state index contributed by atoms with van der Waals surface area (Å²) in [5.41, 5.74) is 2.61. The Labute approximate surface area is 179 Å². The van der Waals surface area contributed by atoms with Gasteiger partial charge in [0.25, 0.3) is 0 Å². The van der Waals surface area contributed by atoms with Gasteiger partial charge in [-0.05, 0) is 44.2 Å². The lowest BCUT2D eigenvalue weighted by Gasteiger charge is -2.19. The van der Waals surface area contributed by atoms with Crippen LogP contribution in [0.4, 0.5) is 18.9 Å². The highest BCUT2D eigenvalue weighted by Gasteiger charge is 2.30. The van der Waals surface area contributed by atoms with Crippen LogP contribution in [-0.4, -0.2) is 35.8 Å². The molecule has 31 heavy (non-hydrogen) atoms. The zero-order valence-electron chi connectivity index (χ0n) is 17.7. The molecule has 0 aliphatic carbocycles. The van der Waals surface area contributed by atoms with Crippen molar-refractivity contribution in [1.82, 2.24) is 15.1 Å². The number of aryl methyl sites for hydroxylation is 1. The first-order valence-corrected chi connectivity index (χ1v) is 9.92. The minimum atomic E-state index is -4.43. The molecule has 3 rings (SSSR count). The number of anilines is 1. The SMILES string of the molecule is Cc1nn(-c2cccc(C(F)(F)F)c2)c(C)c1CC(=O)NCCN(C)c1ccccc1. The largest absolute Gasteiger partial charge is 0.416 e. The van der Waals surface area contributed by atoms with Crippen LogP contribution >= 0.6 is 0 Å². The maximum atomic E-state index is 13.0. The first-order valence-electron chi connectivity index (χ1n) is 9.92. The van der Waals surface area contributed by atoms with E-state index in [0.29, 0.717) is 35.7 Å². The summed E-state index contributed by atoms with van der Waals surface area (Å²) in [7, 11) is 1.95. The fourth-order valence-electron chi connectivity index (χ4n) is 3.39. The molecule has 0 fully saturated rings. The molecule has 3 aromatic rings. The van der Waals surface area contributed by atoms with Crippen molar-refractivity contribution in [3.8, 4) is 5.69 Å². The first-order chi connectivity index (χ1) is 14.7. The average Bonchev–Trinajstić information content (AvgIpc) is 3.02. The van der Waals surface area contributed by atoms with Crippen LogP contribution in [0.25, 0.3) is 5.69 Å². The van der Waals surface area contributed by atoms with E-state index in [0.717, 1.165) is 17.8 Å². The summed E-state index contributed by atoms with van der Waals surface area (Å²) >= 11 is 0. The molecule has 1 heterocycles. The van der Waals surface area contributed by atoms with Crippen LogP contribution in [0.1, 0.15) is 22.5 Å². The molecule has 1 aromatic heterocycles. The highest BCUT2D eigenvalue weighted by Crippen LogP contribution is 2.30. The molecular formula is C23H25F3N4O. The van der Waals surface area contributed by atoms with Crippen molar-refractivity contribution in [1.29, 1.82) is 0 Å². The zero-order valence-corrected chi connectivity index (χ0v) is 17.7. The third-order valence-corrected chi connectivity index (χ3v) is 5.16. The molecule has 0 radical (unpaired) electrons. The lowest BCUT2D eigenvalue weighted by Crippen LogP contribution is -2.33. The minimum absolute atomic E-state index is 0.117. The van der Waals surface area contributed by atoms with Gasteiger partial charge in [-0.2, -0.15) is 18.3 Å². The minimum Gasteiger partial charge on any atom is -0.373 e. The van der Waals surface area contributed by atoms with Crippen molar-refractivity contribution < 1.29 is 18.0 Å². The molecule has 8 heteroatoms. The van der Waals surface area contributed by atoms with Crippen molar-refractivity contribution in [2.24, 2.45) is 0 Å². The number of hydrogen-bond donors (Lipinski definition) is 1. The number of carbonyl (C=O) groups is 1. The van der Waals surface area contributed by atoms with E-state index in [1.54, 1.807) is 19.9 Å². The van der Waals surface area contributed by atoms with E-state index in [-0.39, 0.29) is 12.3 Å². The molecule has 0 atom stereocenters. The number of likely N-dealkylation sites (N-methyl/N-ethyl adjacent to an activating group) is 1. The molecule has 0 spiro atoms. The van der Waals surface area contributed by atoms with Gasteiger partial charge in [0.2, 0.25) is 5.91 Å². The van der Waals surface area contributed by atoms with Crippen molar-refractivity contribution >= 4 is 11.6 Å². The molecule has 0 aliphatic heterocycles. The molecule has 0 saturated carbocycles. The van der Waals surface area contributed by atoms with Crippen molar-refractivity contribution in [2.45, 2.75) is 26.4 Å². The van der Waals surface area contributed by atoms with Crippen molar-refractivity contribution in [3.63, 3.8) is 0 Å². The molecule has 0 aliphatic rings. The summed E-state index contributed by atoms with van der Waals surface area (Å²) in [5.74, 6) is -0.156. The molecule has 1 amide bonds. The second-order valence-electron chi connectivity index (χ2n) is 7.39. The van der Waals surface area contributed by atoms with E-state index in [4.69, 9.17) is 0 Å². The van der Waals surface area contributed by atoms with Crippen LogP contribution in [0, 0.1) is 13.8 Å². The van der Waals surface area contributed by atoms with Crippen LogP contribution < -0.4 is 10.2 Å². The highest BCUT2D eigenvalue weighted by atomic mass is 19.4. The van der Waals surface area contributed by atoms with Crippen LogP contribution in [-0.2, 0) is 17.4 Å². The number of nitrogens with zero attached hydrogens (tertiary/aromatic N) is 3. The average molecular weight is 430 g/mol. The van der Waals surface area contributed by atoms with E-state index in [2.05, 4.69) is 10.4 Å². The van der Waals surface area contributed by atoms with Gasteiger partial charge in [0.1, 0.15) is 0 Å². The third kappa shape index (κ3) is 5.45. The Morgan fingerprint density at radius 1 is 1.10 bits per heavy atom. The Hall–Kier alpha value is -3.29. The maximum Gasteiger partial charge on any atom is 0.416 e. The number of amides is 1. The number of halogens is 3. The van der Waals surface area contributed by atoms with Gasteiger partial charge in [-0.25, -0.2) is 4.68 Å². The fourth-order valence-corrected chi connectivity index (χ4v) is 3.39. The number of rotatable bonds is 7. The first kappa shape index (κ1) is 22.4. The summed E-state index contributed by atoms with van der Waals surface area (Å²) in [6.07, 6.45) is -4.31. The second-order valence-corrected chi connectivity index (χ2v) is 7.39. The summed E-state index contributed by atoms with van der Waals surface area (Å²) in [4.78, 5) is 14.5. The fraction of sp³-hybridized carbons (Fsp3) is 0.304. The molecule has 1 N–H and O–H groups in total. The Morgan fingerprint density at radius 2 is 1.81 bits per heavy atom. The van der Waals surface area contributed by atoms with E-state index >= 15 is 0 Å². The number of aromatic nitrogens is 2. The molecule has 0 bridgehead atoms. The quantitative estimate of drug-likeness (QED) is 0.608. The molecule has 164 valence electrons. The number of alkyl halides is 3. The van der Waals surface area contributed by atoms with Gasteiger partial charge in [0, 0.05) is 37.1 Å². The van der Waals surface area contributed by atoms with Crippen molar-refractivity contribution in [3.05, 3.63) is 77.1 Å². The van der Waals surface area contributed by atoms with E-state index in [9.17, 15) is 18.0 Å². The predicted octanol–water partition coefficient (Wildman–Crippen LogP) is 4.30. The Balaban J connectivity index is 1.65. The maximum absolute atomic E-state index is 13.0. The molecule has 0 saturated heterocycles. The van der Waals surface area contributed by atoms with Crippen LogP contribution in [0.5, 0.6) is 0 Å². The summed E-state index contributed by atoms with van der Waals surface area (Å²) < 4.78 is 40.6. The number of para-hydroxylation sites is 1. The van der Waals surface area contributed by atoms with Gasteiger partial charge >= 0.3 is 6.18 Å². The van der Waals surface area contributed by atoms with E-state index < -0.39 is 11.7 Å². The molecule has 2 aromatic carbocycles.